The molecule has 7 nitrogen and oxygen atoms in total. The molecule has 0 bridgehead atoms. The summed E-state index contributed by atoms with van der Waals surface area (Å²) in [5.41, 5.74) is 0.445. The number of thiocarbonyl (C=S) groups is 1. The zero-order chi connectivity index (χ0) is 19.1. The summed E-state index contributed by atoms with van der Waals surface area (Å²) in [7, 11) is 1.50. The Kier molecular flexibility index (Phi) is 7.23. The maximum atomic E-state index is 12.5. The number of nitrogens with one attached hydrogen (secondary N) is 3. The molecule has 1 heterocycles. The molecule has 0 saturated carbocycles. The lowest BCUT2D eigenvalue weighted by molar-refractivity contribution is -0.130. The fourth-order valence-corrected chi connectivity index (χ4v) is 3.05. The largest absolute Gasteiger partial charge is 0.495 e. The molecule has 1 fully saturated rings. The van der Waals surface area contributed by atoms with Gasteiger partial charge in [0.15, 0.2) is 5.11 Å². The van der Waals surface area contributed by atoms with Gasteiger partial charge in [0.05, 0.1) is 19.2 Å². The van der Waals surface area contributed by atoms with E-state index in [1.807, 2.05) is 0 Å². The first-order chi connectivity index (χ1) is 12.5. The van der Waals surface area contributed by atoms with Crippen molar-refractivity contribution in [2.45, 2.75) is 12.5 Å². The summed E-state index contributed by atoms with van der Waals surface area (Å²) in [5, 5.41) is 9.37. The molecule has 140 valence electrons. The van der Waals surface area contributed by atoms with Crippen molar-refractivity contribution in [2.24, 2.45) is 0 Å². The van der Waals surface area contributed by atoms with E-state index >= 15 is 0 Å². The van der Waals surface area contributed by atoms with E-state index in [2.05, 4.69) is 22.5 Å². The number of piperazine rings is 1. The monoisotopic (exact) mass is 396 g/mol. The minimum atomic E-state index is -0.696. The summed E-state index contributed by atoms with van der Waals surface area (Å²) in [5.74, 6) is -0.104. The number of anilines is 1. The lowest BCUT2D eigenvalue weighted by Crippen LogP contribution is -2.60. The molecule has 9 heteroatoms. The van der Waals surface area contributed by atoms with E-state index in [9.17, 15) is 9.59 Å². The topological polar surface area (TPSA) is 82.7 Å². The molecule has 1 aromatic rings. The molecule has 2 rings (SSSR count). The van der Waals surface area contributed by atoms with Crippen LogP contribution in [0.1, 0.15) is 6.42 Å². The van der Waals surface area contributed by atoms with Crippen LogP contribution in [0, 0.1) is 0 Å². The molecule has 1 aliphatic heterocycles. The SMILES string of the molecule is C=CCNC(=S)N1CCNC(=O)[C@@H]1CC(=O)Nc1cc(Cl)ccc1OC. The number of rotatable bonds is 6. The highest BCUT2D eigenvalue weighted by atomic mass is 35.5. The molecule has 1 aromatic carbocycles. The summed E-state index contributed by atoms with van der Waals surface area (Å²) in [6.07, 6.45) is 1.61. The highest BCUT2D eigenvalue weighted by molar-refractivity contribution is 7.80. The van der Waals surface area contributed by atoms with Crippen molar-refractivity contribution in [2.75, 3.05) is 32.1 Å². The summed E-state index contributed by atoms with van der Waals surface area (Å²) in [6.45, 7) is 5.09. The van der Waals surface area contributed by atoms with Crippen LogP contribution in [0.4, 0.5) is 5.69 Å². The number of amides is 2. The van der Waals surface area contributed by atoms with E-state index in [-0.39, 0.29) is 18.2 Å². The van der Waals surface area contributed by atoms with Crippen molar-refractivity contribution < 1.29 is 14.3 Å². The highest BCUT2D eigenvalue weighted by Gasteiger charge is 2.33. The molecular formula is C17H21ClN4O3S. The van der Waals surface area contributed by atoms with Gasteiger partial charge < -0.3 is 25.6 Å². The Balaban J connectivity index is 2.09. The zero-order valence-corrected chi connectivity index (χ0v) is 16.0. The molecule has 0 unspecified atom stereocenters. The number of methoxy groups -OCH3 is 1. The number of carbonyl (C=O) groups is 2. The Bertz CT molecular complexity index is 713. The van der Waals surface area contributed by atoms with Crippen LogP contribution in [-0.2, 0) is 9.59 Å². The number of benzene rings is 1. The van der Waals surface area contributed by atoms with Crippen molar-refractivity contribution in [3.63, 3.8) is 0 Å². The van der Waals surface area contributed by atoms with Crippen molar-refractivity contribution in [1.29, 1.82) is 0 Å². The standard InChI is InChI=1S/C17H21ClN4O3S/c1-3-6-20-17(26)22-8-7-19-16(24)13(22)10-15(23)21-12-9-11(18)4-5-14(12)25-2/h3-5,9,13H,1,6-8,10H2,2H3,(H,19,24)(H,20,26)(H,21,23)/t13-/m0/s1. The molecule has 3 N–H and O–H groups in total. The first kappa shape index (κ1) is 20.0. The Labute approximate surface area is 162 Å². The minimum Gasteiger partial charge on any atom is -0.495 e. The first-order valence-electron chi connectivity index (χ1n) is 8.02. The fraction of sp³-hybridized carbons (Fsp3) is 0.353. The van der Waals surface area contributed by atoms with Crippen LogP contribution >= 0.6 is 23.8 Å². The number of carbonyl (C=O) groups excluding carboxylic acids is 2. The Morgan fingerprint density at radius 3 is 3.04 bits per heavy atom. The van der Waals surface area contributed by atoms with Crippen LogP contribution in [0.5, 0.6) is 5.75 Å². The van der Waals surface area contributed by atoms with E-state index in [0.29, 0.717) is 41.2 Å². The fourth-order valence-electron chi connectivity index (χ4n) is 2.58. The maximum absolute atomic E-state index is 12.5. The van der Waals surface area contributed by atoms with Crippen LogP contribution < -0.4 is 20.7 Å². The maximum Gasteiger partial charge on any atom is 0.243 e. The van der Waals surface area contributed by atoms with Gasteiger partial charge in [-0.05, 0) is 30.4 Å². The second kappa shape index (κ2) is 9.40. The van der Waals surface area contributed by atoms with Crippen molar-refractivity contribution in [3.05, 3.63) is 35.9 Å². The molecule has 26 heavy (non-hydrogen) atoms. The van der Waals surface area contributed by atoms with Gasteiger partial charge in [-0.15, -0.1) is 6.58 Å². The molecule has 1 atom stereocenters. The van der Waals surface area contributed by atoms with Gasteiger partial charge in [-0.2, -0.15) is 0 Å². The minimum absolute atomic E-state index is 0.0581. The average Bonchev–Trinajstić information content (AvgIpc) is 2.61. The van der Waals surface area contributed by atoms with E-state index < -0.39 is 6.04 Å². The van der Waals surface area contributed by atoms with Gasteiger partial charge in [0.2, 0.25) is 11.8 Å². The molecule has 2 amide bonds. The second-order valence-electron chi connectivity index (χ2n) is 5.57. The van der Waals surface area contributed by atoms with Gasteiger partial charge in [0.25, 0.3) is 0 Å². The normalized spacial score (nSPS) is 16.5. The first-order valence-corrected chi connectivity index (χ1v) is 8.81. The van der Waals surface area contributed by atoms with Crippen LogP contribution in [0.2, 0.25) is 5.02 Å². The summed E-state index contributed by atoms with van der Waals surface area (Å²) < 4.78 is 5.21. The number of nitrogens with zero attached hydrogens (tertiary/aromatic N) is 1. The lowest BCUT2D eigenvalue weighted by Gasteiger charge is -2.36. The van der Waals surface area contributed by atoms with Gasteiger partial charge in [-0.25, -0.2) is 0 Å². The van der Waals surface area contributed by atoms with Gasteiger partial charge in [0.1, 0.15) is 11.8 Å². The molecule has 0 aliphatic carbocycles. The second-order valence-corrected chi connectivity index (χ2v) is 6.39. The lowest BCUT2D eigenvalue weighted by atomic mass is 10.1. The Morgan fingerprint density at radius 2 is 2.35 bits per heavy atom. The Hall–Kier alpha value is -2.32. The predicted octanol–water partition coefficient (Wildman–Crippen LogP) is 1.54. The molecule has 0 radical (unpaired) electrons. The predicted molar refractivity (Wildman–Crippen MR) is 106 cm³/mol. The quantitative estimate of drug-likeness (QED) is 0.500. The summed E-state index contributed by atoms with van der Waals surface area (Å²) >= 11 is 11.3. The van der Waals surface area contributed by atoms with E-state index in [4.69, 9.17) is 28.6 Å². The van der Waals surface area contributed by atoms with E-state index in [1.54, 1.807) is 29.2 Å². The number of ether oxygens (including phenoxy) is 1. The molecule has 0 aromatic heterocycles. The molecular weight excluding hydrogens is 376 g/mol. The number of halogens is 1. The Morgan fingerprint density at radius 1 is 1.58 bits per heavy atom. The summed E-state index contributed by atoms with van der Waals surface area (Å²) in [4.78, 5) is 26.5. The van der Waals surface area contributed by atoms with Gasteiger partial charge in [0, 0.05) is 24.7 Å². The smallest absolute Gasteiger partial charge is 0.243 e. The number of hydrogen-bond donors (Lipinski definition) is 3. The molecule has 1 aliphatic rings. The van der Waals surface area contributed by atoms with Crippen LogP contribution in [0.3, 0.4) is 0 Å². The molecule has 1 saturated heterocycles. The van der Waals surface area contributed by atoms with Crippen LogP contribution in [0.25, 0.3) is 0 Å². The molecule has 0 spiro atoms. The van der Waals surface area contributed by atoms with Crippen molar-refractivity contribution in [1.82, 2.24) is 15.5 Å². The average molecular weight is 397 g/mol. The van der Waals surface area contributed by atoms with Gasteiger partial charge in [-0.1, -0.05) is 17.7 Å². The van der Waals surface area contributed by atoms with Crippen molar-refractivity contribution >= 4 is 46.4 Å². The third-order valence-electron chi connectivity index (χ3n) is 3.80. The van der Waals surface area contributed by atoms with E-state index in [1.165, 1.54) is 7.11 Å². The summed E-state index contributed by atoms with van der Waals surface area (Å²) in [6, 6.07) is 4.22. The third-order valence-corrected chi connectivity index (χ3v) is 4.42. The van der Waals surface area contributed by atoms with E-state index in [0.717, 1.165) is 0 Å². The van der Waals surface area contributed by atoms with Crippen LogP contribution in [0.15, 0.2) is 30.9 Å². The van der Waals surface area contributed by atoms with Crippen LogP contribution in [-0.4, -0.2) is 54.6 Å². The third kappa shape index (κ3) is 5.09. The number of hydrogen-bond acceptors (Lipinski definition) is 4. The zero-order valence-electron chi connectivity index (χ0n) is 14.4. The van der Waals surface area contributed by atoms with Crippen molar-refractivity contribution in [3.8, 4) is 5.75 Å². The highest BCUT2D eigenvalue weighted by Crippen LogP contribution is 2.28. The van der Waals surface area contributed by atoms with Gasteiger partial charge >= 0.3 is 0 Å². The van der Waals surface area contributed by atoms with Gasteiger partial charge in [-0.3, -0.25) is 9.59 Å².